The SMILES string of the molecule is NC(=O)CCC(NC(=O)O)C(=O)N1CCc2cccc(OC[C@H]3CCCN3c3ncnc4[nH]cnc34)c2C1. The first-order valence-electron chi connectivity index (χ1n) is 12.6. The van der Waals surface area contributed by atoms with E-state index in [0.717, 1.165) is 41.8 Å². The third-order valence-corrected chi connectivity index (χ3v) is 7.10. The number of primary amides is 1. The number of amides is 3. The first-order chi connectivity index (χ1) is 18.4. The van der Waals surface area contributed by atoms with E-state index in [1.165, 1.54) is 6.33 Å². The maximum Gasteiger partial charge on any atom is 0.405 e. The van der Waals surface area contributed by atoms with Gasteiger partial charge >= 0.3 is 6.09 Å². The Morgan fingerprint density at radius 1 is 1.24 bits per heavy atom. The molecule has 3 aromatic rings. The number of carbonyl (C=O) groups is 3. The molecule has 13 heteroatoms. The highest BCUT2D eigenvalue weighted by atomic mass is 16.5. The molecule has 0 bridgehead atoms. The maximum absolute atomic E-state index is 13.2. The molecule has 1 unspecified atom stereocenters. The molecule has 2 aliphatic rings. The van der Waals surface area contributed by atoms with E-state index in [2.05, 4.69) is 30.2 Å². The predicted molar refractivity (Wildman–Crippen MR) is 136 cm³/mol. The highest BCUT2D eigenvalue weighted by molar-refractivity contribution is 5.86. The molecule has 13 nitrogen and oxygen atoms in total. The standard InChI is InChI=1S/C25H30N8O5/c26-20(34)7-6-18(31-25(36)37)24(35)32-10-8-15-3-1-5-19(17(15)11-32)38-12-16-4-2-9-33(16)23-21-22(28-13-27-21)29-14-30-23/h1,3,5,13-14,16,18,31H,2,4,6-12H2,(H2,26,34)(H,36,37)(H,27,28,29,30)/t16-,18?/m1/s1. The largest absolute Gasteiger partial charge is 0.491 e. The average Bonchev–Trinajstić information content (AvgIpc) is 3.58. The third-order valence-electron chi connectivity index (χ3n) is 7.10. The summed E-state index contributed by atoms with van der Waals surface area (Å²) in [5, 5.41) is 11.4. The molecule has 0 radical (unpaired) electrons. The Morgan fingerprint density at radius 2 is 2.11 bits per heavy atom. The summed E-state index contributed by atoms with van der Waals surface area (Å²) in [6.45, 7) is 1.99. The summed E-state index contributed by atoms with van der Waals surface area (Å²) in [7, 11) is 0. The summed E-state index contributed by atoms with van der Waals surface area (Å²) < 4.78 is 6.34. The van der Waals surface area contributed by atoms with Crippen LogP contribution in [0.25, 0.3) is 11.2 Å². The molecular formula is C25H30N8O5. The van der Waals surface area contributed by atoms with Gasteiger partial charge in [-0.05, 0) is 37.3 Å². The van der Waals surface area contributed by atoms with Gasteiger partial charge < -0.3 is 35.7 Å². The van der Waals surface area contributed by atoms with Gasteiger partial charge in [-0.2, -0.15) is 0 Å². The van der Waals surface area contributed by atoms with Crippen LogP contribution in [0, 0.1) is 0 Å². The van der Waals surface area contributed by atoms with Crippen LogP contribution in [0.2, 0.25) is 0 Å². The van der Waals surface area contributed by atoms with Gasteiger partial charge in [0, 0.05) is 31.6 Å². The molecule has 0 saturated carbocycles. The monoisotopic (exact) mass is 522 g/mol. The fraction of sp³-hybridized carbons (Fsp3) is 0.440. The van der Waals surface area contributed by atoms with E-state index in [1.54, 1.807) is 11.2 Å². The van der Waals surface area contributed by atoms with Crippen molar-refractivity contribution >= 4 is 34.9 Å². The van der Waals surface area contributed by atoms with Crippen molar-refractivity contribution in [3.05, 3.63) is 42.0 Å². The number of ether oxygens (including phenoxy) is 1. The molecular weight excluding hydrogens is 492 g/mol. The molecule has 3 amide bonds. The van der Waals surface area contributed by atoms with E-state index in [9.17, 15) is 19.5 Å². The van der Waals surface area contributed by atoms with Gasteiger partial charge in [0.25, 0.3) is 0 Å². The minimum absolute atomic E-state index is 0.00575. The van der Waals surface area contributed by atoms with Crippen molar-refractivity contribution in [2.75, 3.05) is 24.6 Å². The number of imidazole rings is 1. The Morgan fingerprint density at radius 3 is 2.92 bits per heavy atom. The zero-order valence-electron chi connectivity index (χ0n) is 20.8. The van der Waals surface area contributed by atoms with Crippen molar-refractivity contribution < 1.29 is 24.2 Å². The number of nitrogens with two attached hydrogens (primary N) is 1. The van der Waals surface area contributed by atoms with E-state index >= 15 is 0 Å². The van der Waals surface area contributed by atoms with E-state index in [0.29, 0.717) is 31.0 Å². The Balaban J connectivity index is 1.29. The minimum atomic E-state index is -1.33. The second-order valence-electron chi connectivity index (χ2n) is 9.51. The van der Waals surface area contributed by atoms with Crippen LogP contribution in [0.5, 0.6) is 5.75 Å². The van der Waals surface area contributed by atoms with E-state index in [-0.39, 0.29) is 31.3 Å². The number of nitrogens with zero attached hydrogens (tertiary/aromatic N) is 5. The molecule has 5 N–H and O–H groups in total. The van der Waals surface area contributed by atoms with E-state index in [4.69, 9.17) is 10.5 Å². The molecule has 1 fully saturated rings. The molecule has 2 aromatic heterocycles. The number of benzene rings is 1. The Kier molecular flexibility index (Phi) is 7.24. The normalized spacial score (nSPS) is 17.7. The number of nitrogens with one attached hydrogen (secondary N) is 2. The summed E-state index contributed by atoms with van der Waals surface area (Å²) in [5.74, 6) is 0.495. The van der Waals surface area contributed by atoms with Crippen molar-refractivity contribution in [3.8, 4) is 5.75 Å². The van der Waals surface area contributed by atoms with Crippen LogP contribution < -0.4 is 20.7 Å². The minimum Gasteiger partial charge on any atom is -0.491 e. The van der Waals surface area contributed by atoms with Crippen molar-refractivity contribution in [1.29, 1.82) is 0 Å². The zero-order chi connectivity index (χ0) is 26.6. The van der Waals surface area contributed by atoms with Crippen LogP contribution in [0.3, 0.4) is 0 Å². The summed E-state index contributed by atoms with van der Waals surface area (Å²) >= 11 is 0. The predicted octanol–water partition coefficient (Wildman–Crippen LogP) is 1.19. The first-order valence-corrected chi connectivity index (χ1v) is 12.6. The molecule has 2 atom stereocenters. The van der Waals surface area contributed by atoms with Gasteiger partial charge in [0.05, 0.1) is 12.4 Å². The maximum atomic E-state index is 13.2. The van der Waals surface area contributed by atoms with Crippen molar-refractivity contribution in [2.45, 2.75) is 50.7 Å². The highest BCUT2D eigenvalue weighted by Gasteiger charge is 2.31. The summed E-state index contributed by atoms with van der Waals surface area (Å²) in [4.78, 5) is 55.6. The molecule has 4 heterocycles. The number of rotatable bonds is 9. The van der Waals surface area contributed by atoms with Crippen LogP contribution in [0.4, 0.5) is 10.6 Å². The van der Waals surface area contributed by atoms with Crippen molar-refractivity contribution in [1.82, 2.24) is 30.2 Å². The summed E-state index contributed by atoms with van der Waals surface area (Å²) in [5.41, 5.74) is 8.62. The second kappa shape index (κ2) is 10.9. The zero-order valence-corrected chi connectivity index (χ0v) is 20.8. The van der Waals surface area contributed by atoms with Crippen molar-refractivity contribution in [2.24, 2.45) is 5.73 Å². The first kappa shape index (κ1) is 25.2. The lowest BCUT2D eigenvalue weighted by Gasteiger charge is -2.33. The number of hydrogen-bond donors (Lipinski definition) is 4. The van der Waals surface area contributed by atoms with Crippen molar-refractivity contribution in [3.63, 3.8) is 0 Å². The van der Waals surface area contributed by atoms with Gasteiger partial charge in [-0.3, -0.25) is 9.59 Å². The molecule has 1 saturated heterocycles. The Hall–Kier alpha value is -4.42. The molecule has 0 spiro atoms. The van der Waals surface area contributed by atoms with Gasteiger partial charge in [0.15, 0.2) is 11.5 Å². The molecule has 200 valence electrons. The van der Waals surface area contributed by atoms with Crippen LogP contribution in [0.15, 0.2) is 30.9 Å². The Labute approximate surface area is 218 Å². The third kappa shape index (κ3) is 5.31. The van der Waals surface area contributed by atoms with Gasteiger partial charge in [0.1, 0.15) is 30.2 Å². The molecule has 5 rings (SSSR count). The van der Waals surface area contributed by atoms with Crippen LogP contribution in [-0.4, -0.2) is 79.6 Å². The molecule has 1 aromatic carbocycles. The Bertz CT molecular complexity index is 1340. The number of aromatic amines is 1. The van der Waals surface area contributed by atoms with Gasteiger partial charge in [-0.1, -0.05) is 12.1 Å². The van der Waals surface area contributed by atoms with E-state index in [1.807, 2.05) is 18.2 Å². The van der Waals surface area contributed by atoms with Gasteiger partial charge in [-0.15, -0.1) is 0 Å². The summed E-state index contributed by atoms with van der Waals surface area (Å²) in [6.07, 6.45) is 4.28. The van der Waals surface area contributed by atoms with Crippen LogP contribution >= 0.6 is 0 Å². The lowest BCUT2D eigenvalue weighted by atomic mass is 9.97. The molecule has 38 heavy (non-hydrogen) atoms. The number of fused-ring (bicyclic) bond motifs is 2. The quantitative estimate of drug-likeness (QED) is 0.321. The number of anilines is 1. The number of hydrogen-bond acceptors (Lipinski definition) is 8. The number of H-pyrrole nitrogens is 1. The second-order valence-corrected chi connectivity index (χ2v) is 9.51. The fourth-order valence-electron chi connectivity index (χ4n) is 5.22. The number of carboxylic acid groups (broad SMARTS) is 1. The fourth-order valence-corrected chi connectivity index (χ4v) is 5.22. The average molecular weight is 523 g/mol. The summed E-state index contributed by atoms with van der Waals surface area (Å²) in [6, 6.07) is 4.90. The number of aromatic nitrogens is 4. The lowest BCUT2D eigenvalue weighted by Crippen LogP contribution is -2.49. The van der Waals surface area contributed by atoms with Gasteiger partial charge in [-0.25, -0.2) is 19.7 Å². The lowest BCUT2D eigenvalue weighted by molar-refractivity contribution is -0.134. The van der Waals surface area contributed by atoms with Gasteiger partial charge in [0.2, 0.25) is 11.8 Å². The van der Waals surface area contributed by atoms with Crippen LogP contribution in [-0.2, 0) is 22.6 Å². The van der Waals surface area contributed by atoms with E-state index < -0.39 is 18.0 Å². The van der Waals surface area contributed by atoms with Crippen LogP contribution in [0.1, 0.15) is 36.8 Å². The topological polar surface area (TPSA) is 180 Å². The smallest absolute Gasteiger partial charge is 0.405 e. The molecule has 2 aliphatic heterocycles. The highest BCUT2D eigenvalue weighted by Crippen LogP contribution is 2.31. The molecule has 0 aliphatic carbocycles. The number of carbonyl (C=O) groups excluding carboxylic acids is 2.